The van der Waals surface area contributed by atoms with Crippen LogP contribution in [0, 0.1) is 0 Å². The fourth-order valence-electron chi connectivity index (χ4n) is 1.47. The zero-order valence-corrected chi connectivity index (χ0v) is 10.6. The lowest BCUT2D eigenvalue weighted by Gasteiger charge is -2.04. The van der Waals surface area contributed by atoms with E-state index in [1.807, 2.05) is 18.2 Å². The summed E-state index contributed by atoms with van der Waals surface area (Å²) in [6, 6.07) is 5.82. The minimum Gasteiger partial charge on any atom is -0.265 e. The van der Waals surface area contributed by atoms with Crippen molar-refractivity contribution in [3.05, 3.63) is 41.0 Å². The summed E-state index contributed by atoms with van der Waals surface area (Å²) < 4.78 is 0.831. The predicted molar refractivity (Wildman–Crippen MR) is 67.0 cm³/mol. The second-order valence-electron chi connectivity index (χ2n) is 3.48. The summed E-state index contributed by atoms with van der Waals surface area (Å²) in [4.78, 5) is 12.9. The van der Waals surface area contributed by atoms with Crippen molar-refractivity contribution in [2.24, 2.45) is 0 Å². The Bertz CT molecular complexity index is 471. The molecule has 0 aromatic carbocycles. The van der Waals surface area contributed by atoms with Crippen LogP contribution >= 0.6 is 15.9 Å². The molecule has 0 unspecified atom stereocenters. The van der Waals surface area contributed by atoms with E-state index >= 15 is 0 Å². The van der Waals surface area contributed by atoms with E-state index in [0.29, 0.717) is 0 Å². The molecular formula is C12H12BrN3. The summed E-state index contributed by atoms with van der Waals surface area (Å²) in [5.41, 5.74) is 2.00. The predicted octanol–water partition coefficient (Wildman–Crippen LogP) is 3.25. The maximum absolute atomic E-state index is 4.52. The largest absolute Gasteiger partial charge is 0.265 e. The van der Waals surface area contributed by atoms with Crippen molar-refractivity contribution < 1.29 is 0 Å². The third kappa shape index (κ3) is 2.64. The van der Waals surface area contributed by atoms with Crippen LogP contribution in [0.25, 0.3) is 11.3 Å². The highest BCUT2D eigenvalue weighted by atomic mass is 79.9. The van der Waals surface area contributed by atoms with Crippen molar-refractivity contribution in [2.75, 3.05) is 0 Å². The molecule has 2 heterocycles. The standard InChI is InChI=1S/C12H12BrN3/c1-2-3-12-15-10(8-11(13)16-12)9-4-6-14-7-5-9/h4-8H,2-3H2,1H3. The molecule has 0 fully saturated rings. The van der Waals surface area contributed by atoms with Gasteiger partial charge in [-0.2, -0.15) is 0 Å². The van der Waals surface area contributed by atoms with E-state index in [1.54, 1.807) is 12.4 Å². The van der Waals surface area contributed by atoms with Gasteiger partial charge < -0.3 is 0 Å². The molecular weight excluding hydrogens is 266 g/mol. The van der Waals surface area contributed by atoms with Crippen molar-refractivity contribution in [2.45, 2.75) is 19.8 Å². The molecule has 0 saturated carbocycles. The van der Waals surface area contributed by atoms with Crippen LogP contribution in [-0.4, -0.2) is 15.0 Å². The van der Waals surface area contributed by atoms with Gasteiger partial charge in [-0.3, -0.25) is 4.98 Å². The number of nitrogens with zero attached hydrogens (tertiary/aromatic N) is 3. The van der Waals surface area contributed by atoms with Gasteiger partial charge in [0, 0.05) is 24.4 Å². The molecule has 0 spiro atoms. The zero-order valence-electron chi connectivity index (χ0n) is 9.02. The average molecular weight is 278 g/mol. The molecule has 0 aliphatic rings. The maximum Gasteiger partial charge on any atom is 0.130 e. The molecule has 0 atom stereocenters. The van der Waals surface area contributed by atoms with Gasteiger partial charge >= 0.3 is 0 Å². The molecule has 3 nitrogen and oxygen atoms in total. The van der Waals surface area contributed by atoms with Crippen LogP contribution in [0.3, 0.4) is 0 Å². The summed E-state index contributed by atoms with van der Waals surface area (Å²) in [5.74, 6) is 0.878. The van der Waals surface area contributed by atoms with Crippen LogP contribution in [0.1, 0.15) is 19.2 Å². The molecule has 4 heteroatoms. The molecule has 16 heavy (non-hydrogen) atoms. The van der Waals surface area contributed by atoms with Crippen molar-refractivity contribution in [3.8, 4) is 11.3 Å². The highest BCUT2D eigenvalue weighted by Crippen LogP contribution is 2.19. The van der Waals surface area contributed by atoms with Crippen LogP contribution < -0.4 is 0 Å². The monoisotopic (exact) mass is 277 g/mol. The van der Waals surface area contributed by atoms with E-state index in [1.165, 1.54) is 0 Å². The SMILES string of the molecule is CCCc1nc(Br)cc(-c2ccncc2)n1. The first-order valence-corrected chi connectivity index (χ1v) is 6.02. The van der Waals surface area contributed by atoms with Gasteiger partial charge in [-0.25, -0.2) is 9.97 Å². The maximum atomic E-state index is 4.52. The Morgan fingerprint density at radius 1 is 1.19 bits per heavy atom. The van der Waals surface area contributed by atoms with E-state index in [4.69, 9.17) is 0 Å². The van der Waals surface area contributed by atoms with Crippen LogP contribution in [0.2, 0.25) is 0 Å². The van der Waals surface area contributed by atoms with Crippen LogP contribution in [-0.2, 0) is 6.42 Å². The molecule has 2 aromatic rings. The molecule has 0 amide bonds. The van der Waals surface area contributed by atoms with E-state index < -0.39 is 0 Å². The lowest BCUT2D eigenvalue weighted by molar-refractivity contribution is 0.831. The first-order valence-electron chi connectivity index (χ1n) is 5.23. The topological polar surface area (TPSA) is 38.7 Å². The zero-order chi connectivity index (χ0) is 11.4. The van der Waals surface area contributed by atoms with Gasteiger partial charge in [0.1, 0.15) is 10.4 Å². The molecule has 2 aromatic heterocycles. The number of hydrogen-bond acceptors (Lipinski definition) is 3. The van der Waals surface area contributed by atoms with Crippen molar-refractivity contribution >= 4 is 15.9 Å². The van der Waals surface area contributed by atoms with E-state index in [9.17, 15) is 0 Å². The van der Waals surface area contributed by atoms with Crippen LogP contribution in [0.15, 0.2) is 35.2 Å². The van der Waals surface area contributed by atoms with Crippen molar-refractivity contribution in [1.82, 2.24) is 15.0 Å². The highest BCUT2D eigenvalue weighted by molar-refractivity contribution is 9.10. The fraction of sp³-hybridized carbons (Fsp3) is 0.250. The van der Waals surface area contributed by atoms with Crippen LogP contribution in [0.5, 0.6) is 0 Å². The summed E-state index contributed by atoms with van der Waals surface area (Å²) in [5, 5.41) is 0. The summed E-state index contributed by atoms with van der Waals surface area (Å²) in [7, 11) is 0. The average Bonchev–Trinajstić information content (AvgIpc) is 2.30. The smallest absolute Gasteiger partial charge is 0.130 e. The third-order valence-corrected chi connectivity index (χ3v) is 2.60. The Morgan fingerprint density at radius 3 is 2.62 bits per heavy atom. The van der Waals surface area contributed by atoms with Gasteiger partial charge in [0.05, 0.1) is 5.69 Å². The van der Waals surface area contributed by atoms with E-state index in [0.717, 1.165) is 34.5 Å². The Morgan fingerprint density at radius 2 is 1.94 bits per heavy atom. The first-order chi connectivity index (χ1) is 7.79. The molecule has 0 bridgehead atoms. The first kappa shape index (κ1) is 11.2. The Labute approximate surface area is 103 Å². The lowest BCUT2D eigenvalue weighted by Crippen LogP contribution is -1.97. The van der Waals surface area contributed by atoms with Gasteiger partial charge in [0.2, 0.25) is 0 Å². The minimum absolute atomic E-state index is 0.831. The fourth-order valence-corrected chi connectivity index (χ4v) is 1.89. The van der Waals surface area contributed by atoms with Gasteiger partial charge in [0.15, 0.2) is 0 Å². The number of halogens is 1. The van der Waals surface area contributed by atoms with E-state index in [-0.39, 0.29) is 0 Å². The van der Waals surface area contributed by atoms with Gasteiger partial charge in [0.25, 0.3) is 0 Å². The Balaban J connectivity index is 2.41. The number of hydrogen-bond donors (Lipinski definition) is 0. The molecule has 0 N–H and O–H groups in total. The van der Waals surface area contributed by atoms with Crippen LogP contribution in [0.4, 0.5) is 0 Å². The molecule has 82 valence electrons. The van der Waals surface area contributed by atoms with Gasteiger partial charge in [-0.05, 0) is 40.5 Å². The normalized spacial score (nSPS) is 10.4. The van der Waals surface area contributed by atoms with Gasteiger partial charge in [-0.1, -0.05) is 6.92 Å². The van der Waals surface area contributed by atoms with E-state index in [2.05, 4.69) is 37.8 Å². The molecule has 0 aliphatic heterocycles. The second-order valence-corrected chi connectivity index (χ2v) is 4.29. The Hall–Kier alpha value is -1.29. The second kappa shape index (κ2) is 5.16. The number of rotatable bonds is 3. The van der Waals surface area contributed by atoms with Crippen molar-refractivity contribution in [1.29, 1.82) is 0 Å². The Kier molecular flexibility index (Phi) is 3.62. The minimum atomic E-state index is 0.831. The molecule has 0 radical (unpaired) electrons. The summed E-state index contributed by atoms with van der Waals surface area (Å²) >= 11 is 3.41. The molecule has 0 saturated heterocycles. The lowest BCUT2D eigenvalue weighted by atomic mass is 10.2. The number of aromatic nitrogens is 3. The number of aryl methyl sites for hydroxylation is 1. The quantitative estimate of drug-likeness (QED) is 0.809. The third-order valence-electron chi connectivity index (χ3n) is 2.19. The summed E-state index contributed by atoms with van der Waals surface area (Å²) in [6.45, 7) is 2.12. The number of pyridine rings is 1. The summed E-state index contributed by atoms with van der Waals surface area (Å²) in [6.07, 6.45) is 5.49. The van der Waals surface area contributed by atoms with Gasteiger partial charge in [-0.15, -0.1) is 0 Å². The molecule has 2 rings (SSSR count). The highest BCUT2D eigenvalue weighted by Gasteiger charge is 2.04. The molecule has 0 aliphatic carbocycles. The van der Waals surface area contributed by atoms with Crippen molar-refractivity contribution in [3.63, 3.8) is 0 Å².